The number of carbonyl (C=O) groups is 1. The molecule has 1 amide bonds. The molecule has 7 heteroatoms. The number of amides is 1. The molecule has 1 aliphatic carbocycles. The van der Waals surface area contributed by atoms with E-state index in [-0.39, 0.29) is 11.9 Å². The van der Waals surface area contributed by atoms with E-state index in [2.05, 4.69) is 27.1 Å². The third kappa shape index (κ3) is 4.03. The van der Waals surface area contributed by atoms with Crippen LogP contribution in [0.5, 0.6) is 0 Å². The number of piperidine rings is 1. The van der Waals surface area contributed by atoms with Gasteiger partial charge < -0.3 is 10.2 Å². The molecule has 1 aromatic heterocycles. The third-order valence-corrected chi connectivity index (χ3v) is 6.07. The molecular weight excluding hydrogens is 316 g/mol. The van der Waals surface area contributed by atoms with E-state index >= 15 is 0 Å². The molecule has 138 valence electrons. The summed E-state index contributed by atoms with van der Waals surface area (Å²) in [5, 5.41) is 15.2. The highest BCUT2D eigenvalue weighted by Crippen LogP contribution is 2.31. The summed E-state index contributed by atoms with van der Waals surface area (Å²) in [6, 6.07) is -0.0371. The Kier molecular flexibility index (Phi) is 5.31. The van der Waals surface area contributed by atoms with Crippen LogP contribution in [-0.4, -0.2) is 58.1 Å². The predicted octanol–water partition coefficient (Wildman–Crippen LogP) is 1.08. The highest BCUT2D eigenvalue weighted by Gasteiger charge is 2.30. The van der Waals surface area contributed by atoms with Crippen LogP contribution in [0.1, 0.15) is 56.6 Å². The van der Waals surface area contributed by atoms with Crippen molar-refractivity contribution >= 4 is 5.91 Å². The maximum Gasteiger partial charge on any atom is 0.241 e. The lowest BCUT2D eigenvalue weighted by Gasteiger charge is -2.33. The van der Waals surface area contributed by atoms with Crippen LogP contribution in [0.15, 0.2) is 6.20 Å². The molecule has 3 fully saturated rings. The number of carbonyl (C=O) groups excluding carboxylic acids is 1. The Morgan fingerprint density at radius 1 is 1.16 bits per heavy atom. The molecule has 0 spiro atoms. The Bertz CT molecular complexity index is 568. The minimum Gasteiger partial charge on any atom is -0.341 e. The zero-order valence-corrected chi connectivity index (χ0v) is 15.0. The lowest BCUT2D eigenvalue weighted by Crippen LogP contribution is -2.48. The predicted molar refractivity (Wildman–Crippen MR) is 94.9 cm³/mol. The number of hydrogen-bond acceptors (Lipinski definition) is 5. The van der Waals surface area contributed by atoms with Crippen LogP contribution < -0.4 is 10.6 Å². The molecule has 0 aromatic carbocycles. The van der Waals surface area contributed by atoms with E-state index in [1.165, 1.54) is 37.8 Å². The van der Waals surface area contributed by atoms with Crippen LogP contribution in [0, 0.1) is 5.92 Å². The van der Waals surface area contributed by atoms with E-state index in [9.17, 15) is 4.79 Å². The van der Waals surface area contributed by atoms with Crippen LogP contribution >= 0.6 is 0 Å². The molecule has 1 unspecified atom stereocenters. The number of hydrogen-bond donors (Lipinski definition) is 2. The van der Waals surface area contributed by atoms with Gasteiger partial charge in [0.15, 0.2) is 0 Å². The normalized spacial score (nSPS) is 26.2. The van der Waals surface area contributed by atoms with Gasteiger partial charge in [0.1, 0.15) is 6.04 Å². The highest BCUT2D eigenvalue weighted by molar-refractivity contribution is 5.82. The molecular formula is C18H30N6O. The first-order chi connectivity index (χ1) is 12.3. The van der Waals surface area contributed by atoms with Gasteiger partial charge in [-0.05, 0) is 31.6 Å². The molecule has 3 heterocycles. The lowest BCUT2D eigenvalue weighted by atomic mass is 9.87. The fourth-order valence-electron chi connectivity index (χ4n) is 4.47. The average Bonchev–Trinajstić information content (AvgIpc) is 3.35. The van der Waals surface area contributed by atoms with Gasteiger partial charge in [-0.3, -0.25) is 14.8 Å². The van der Waals surface area contributed by atoms with Gasteiger partial charge in [-0.25, -0.2) is 0 Å². The van der Waals surface area contributed by atoms with E-state index in [0.717, 1.165) is 45.7 Å². The van der Waals surface area contributed by atoms with Gasteiger partial charge in [0.05, 0.1) is 5.69 Å². The molecule has 7 nitrogen and oxygen atoms in total. The highest BCUT2D eigenvalue weighted by atomic mass is 16.2. The SMILES string of the molecule is O=C(C1CNCN1)N1CCC(Cn2cc(C3CCCCC3)nn2)CC1. The summed E-state index contributed by atoms with van der Waals surface area (Å²) < 4.78 is 2.04. The minimum absolute atomic E-state index is 0.0371. The molecule has 1 saturated carbocycles. The molecule has 3 aliphatic rings. The molecule has 0 radical (unpaired) electrons. The summed E-state index contributed by atoms with van der Waals surface area (Å²) in [4.78, 5) is 14.5. The van der Waals surface area contributed by atoms with E-state index in [1.807, 2.05) is 9.58 Å². The van der Waals surface area contributed by atoms with Crippen molar-refractivity contribution in [1.29, 1.82) is 0 Å². The molecule has 2 saturated heterocycles. The van der Waals surface area contributed by atoms with Crippen LogP contribution in [0.4, 0.5) is 0 Å². The Labute approximate surface area is 149 Å². The second-order valence-electron chi connectivity index (χ2n) is 7.86. The Morgan fingerprint density at radius 2 is 1.96 bits per heavy atom. The fraction of sp³-hybridized carbons (Fsp3) is 0.833. The van der Waals surface area contributed by atoms with E-state index in [4.69, 9.17) is 0 Å². The van der Waals surface area contributed by atoms with Gasteiger partial charge in [-0.1, -0.05) is 24.5 Å². The van der Waals surface area contributed by atoms with Gasteiger partial charge in [0.25, 0.3) is 0 Å². The summed E-state index contributed by atoms with van der Waals surface area (Å²) in [6.45, 7) is 4.16. The summed E-state index contributed by atoms with van der Waals surface area (Å²) in [5.74, 6) is 1.47. The van der Waals surface area contributed by atoms with Crippen LogP contribution in [-0.2, 0) is 11.3 Å². The molecule has 0 bridgehead atoms. The number of nitrogens with zero attached hydrogens (tertiary/aromatic N) is 4. The molecule has 2 N–H and O–H groups in total. The van der Waals surface area contributed by atoms with Crippen LogP contribution in [0.25, 0.3) is 0 Å². The van der Waals surface area contributed by atoms with E-state index < -0.39 is 0 Å². The largest absolute Gasteiger partial charge is 0.341 e. The number of nitrogens with one attached hydrogen (secondary N) is 2. The van der Waals surface area contributed by atoms with Crippen LogP contribution in [0.3, 0.4) is 0 Å². The maximum atomic E-state index is 12.4. The standard InChI is InChI=1S/C18H30N6O/c25-18(16-10-19-13-20-16)23-8-6-14(7-9-23)11-24-12-17(21-22-24)15-4-2-1-3-5-15/h12,14-16,19-20H,1-11,13H2. The number of rotatable bonds is 4. The van der Waals surface area contributed by atoms with Crippen molar-refractivity contribution in [1.82, 2.24) is 30.5 Å². The van der Waals surface area contributed by atoms with Crippen molar-refractivity contribution in [2.24, 2.45) is 5.92 Å². The smallest absolute Gasteiger partial charge is 0.241 e. The summed E-state index contributed by atoms with van der Waals surface area (Å²) in [5.41, 5.74) is 1.19. The Balaban J connectivity index is 1.26. The third-order valence-electron chi connectivity index (χ3n) is 6.07. The second-order valence-corrected chi connectivity index (χ2v) is 7.86. The lowest BCUT2D eigenvalue weighted by molar-refractivity contribution is -0.134. The van der Waals surface area contributed by atoms with Crippen molar-refractivity contribution in [2.75, 3.05) is 26.3 Å². The molecule has 1 aromatic rings. The van der Waals surface area contributed by atoms with Gasteiger partial charge in [0.2, 0.25) is 5.91 Å². The summed E-state index contributed by atoms with van der Waals surface area (Å²) in [7, 11) is 0. The summed E-state index contributed by atoms with van der Waals surface area (Å²) in [6.07, 6.45) is 10.8. The first kappa shape index (κ1) is 17.0. The zero-order chi connectivity index (χ0) is 17.1. The topological polar surface area (TPSA) is 75.1 Å². The average molecular weight is 346 g/mol. The first-order valence-electron chi connectivity index (χ1n) is 9.92. The van der Waals surface area contributed by atoms with Gasteiger partial charge in [0, 0.05) is 45.0 Å². The number of aromatic nitrogens is 3. The molecule has 2 aliphatic heterocycles. The molecule has 4 rings (SSSR count). The maximum absolute atomic E-state index is 12.4. The van der Waals surface area contributed by atoms with Crippen molar-refractivity contribution < 1.29 is 4.79 Å². The first-order valence-corrected chi connectivity index (χ1v) is 9.92. The second kappa shape index (κ2) is 7.83. The van der Waals surface area contributed by atoms with Crippen molar-refractivity contribution in [2.45, 2.75) is 63.5 Å². The monoisotopic (exact) mass is 346 g/mol. The molecule has 1 atom stereocenters. The van der Waals surface area contributed by atoms with Gasteiger partial charge >= 0.3 is 0 Å². The van der Waals surface area contributed by atoms with Gasteiger partial charge in [-0.2, -0.15) is 0 Å². The van der Waals surface area contributed by atoms with Crippen molar-refractivity contribution in [3.05, 3.63) is 11.9 Å². The Hall–Kier alpha value is -1.47. The minimum atomic E-state index is -0.0371. The fourth-order valence-corrected chi connectivity index (χ4v) is 4.47. The van der Waals surface area contributed by atoms with E-state index in [0.29, 0.717) is 11.8 Å². The Morgan fingerprint density at radius 3 is 2.68 bits per heavy atom. The van der Waals surface area contributed by atoms with Crippen LogP contribution in [0.2, 0.25) is 0 Å². The van der Waals surface area contributed by atoms with Crippen molar-refractivity contribution in [3.63, 3.8) is 0 Å². The molecule has 25 heavy (non-hydrogen) atoms. The number of likely N-dealkylation sites (tertiary alicyclic amines) is 1. The van der Waals surface area contributed by atoms with E-state index in [1.54, 1.807) is 0 Å². The van der Waals surface area contributed by atoms with Gasteiger partial charge in [-0.15, -0.1) is 5.10 Å². The summed E-state index contributed by atoms with van der Waals surface area (Å²) >= 11 is 0. The quantitative estimate of drug-likeness (QED) is 0.853. The van der Waals surface area contributed by atoms with Crippen molar-refractivity contribution in [3.8, 4) is 0 Å². The zero-order valence-electron chi connectivity index (χ0n) is 15.0.